The number of aryl methyl sites for hydroxylation is 1. The number of carbonyl (C=O) groups excluding carboxylic acids is 1. The van der Waals surface area contributed by atoms with Crippen molar-refractivity contribution in [1.82, 2.24) is 9.55 Å². The average Bonchev–Trinajstić information content (AvgIpc) is 3.18. The van der Waals surface area contributed by atoms with E-state index in [0.717, 1.165) is 20.4 Å². The molecular formula is C18H17N3OS2. The van der Waals surface area contributed by atoms with E-state index in [4.69, 9.17) is 0 Å². The molecule has 122 valence electrons. The Bertz CT molecular complexity index is 1050. The minimum Gasteiger partial charge on any atom is -0.333 e. The first-order valence-electron chi connectivity index (χ1n) is 7.80. The summed E-state index contributed by atoms with van der Waals surface area (Å²) in [6.45, 7) is 6.24. The molecule has 0 aliphatic rings. The Balaban J connectivity index is 1.70. The molecule has 4 aromatic rings. The number of thiazole rings is 1. The van der Waals surface area contributed by atoms with Crippen molar-refractivity contribution in [3.05, 3.63) is 47.0 Å². The van der Waals surface area contributed by atoms with Gasteiger partial charge in [-0.25, -0.2) is 4.98 Å². The number of benzene rings is 1. The molecule has 0 aliphatic carbocycles. The predicted molar refractivity (Wildman–Crippen MR) is 103 cm³/mol. The molecule has 1 N–H and O–H groups in total. The first kappa shape index (κ1) is 15.4. The zero-order chi connectivity index (χ0) is 16.8. The third-order valence-corrected chi connectivity index (χ3v) is 5.76. The molecule has 6 heteroatoms. The molecule has 0 aliphatic heterocycles. The minimum atomic E-state index is -0.108. The molecule has 0 atom stereocenters. The number of hydrogen-bond donors (Lipinski definition) is 1. The zero-order valence-corrected chi connectivity index (χ0v) is 15.3. The summed E-state index contributed by atoms with van der Waals surface area (Å²) in [6.07, 6.45) is 0. The first-order chi connectivity index (χ1) is 11.5. The quantitative estimate of drug-likeness (QED) is 0.531. The molecule has 0 bridgehead atoms. The fourth-order valence-corrected chi connectivity index (χ4v) is 4.69. The molecule has 24 heavy (non-hydrogen) atoms. The SMILES string of the molecule is Cc1ccc2nc(NC(=O)c3cc4sccc4n3C(C)C)sc2c1. The zero-order valence-electron chi connectivity index (χ0n) is 13.7. The van der Waals surface area contributed by atoms with Crippen molar-refractivity contribution in [2.24, 2.45) is 0 Å². The topological polar surface area (TPSA) is 46.9 Å². The predicted octanol–water partition coefficient (Wildman–Crippen LogP) is 5.45. The molecule has 1 amide bonds. The molecule has 0 radical (unpaired) electrons. The van der Waals surface area contributed by atoms with Gasteiger partial charge in [-0.2, -0.15) is 0 Å². The number of anilines is 1. The standard InChI is InChI=1S/C18H17N3OS2/c1-10(2)21-13-6-7-23-16(13)9-14(21)17(22)20-18-19-12-5-4-11(3)8-15(12)24-18/h4-10H,1-3H3,(H,19,20,22). The second kappa shape index (κ2) is 5.72. The second-order valence-electron chi connectivity index (χ2n) is 6.11. The van der Waals surface area contributed by atoms with E-state index in [2.05, 4.69) is 53.2 Å². The van der Waals surface area contributed by atoms with Crippen LogP contribution in [-0.4, -0.2) is 15.5 Å². The van der Waals surface area contributed by atoms with Crippen LogP contribution in [0.4, 0.5) is 5.13 Å². The molecule has 0 saturated carbocycles. The molecule has 1 aromatic carbocycles. The summed E-state index contributed by atoms with van der Waals surface area (Å²) in [5, 5.41) is 5.66. The summed E-state index contributed by atoms with van der Waals surface area (Å²) in [5.74, 6) is -0.108. The van der Waals surface area contributed by atoms with Crippen LogP contribution in [0.15, 0.2) is 35.7 Å². The number of fused-ring (bicyclic) bond motifs is 2. The molecular weight excluding hydrogens is 338 g/mol. The number of thiophene rings is 1. The van der Waals surface area contributed by atoms with E-state index in [1.54, 1.807) is 11.3 Å². The first-order valence-corrected chi connectivity index (χ1v) is 9.49. The van der Waals surface area contributed by atoms with Gasteiger partial charge in [0.15, 0.2) is 5.13 Å². The molecule has 0 fully saturated rings. The Morgan fingerprint density at radius 2 is 2.04 bits per heavy atom. The van der Waals surface area contributed by atoms with E-state index in [1.165, 1.54) is 16.9 Å². The van der Waals surface area contributed by atoms with Crippen molar-refractivity contribution in [2.75, 3.05) is 5.32 Å². The lowest BCUT2D eigenvalue weighted by molar-refractivity contribution is 0.101. The van der Waals surface area contributed by atoms with Gasteiger partial charge >= 0.3 is 0 Å². The lowest BCUT2D eigenvalue weighted by Gasteiger charge is -2.13. The smallest absolute Gasteiger partial charge is 0.274 e. The Morgan fingerprint density at radius 3 is 2.83 bits per heavy atom. The average molecular weight is 355 g/mol. The lowest BCUT2D eigenvalue weighted by atomic mass is 10.2. The van der Waals surface area contributed by atoms with Crippen molar-refractivity contribution in [1.29, 1.82) is 0 Å². The van der Waals surface area contributed by atoms with Gasteiger partial charge in [-0.3, -0.25) is 10.1 Å². The van der Waals surface area contributed by atoms with Gasteiger partial charge < -0.3 is 4.57 Å². The van der Waals surface area contributed by atoms with Gasteiger partial charge in [-0.05, 0) is 56.0 Å². The van der Waals surface area contributed by atoms with Crippen LogP contribution in [0.25, 0.3) is 20.4 Å². The van der Waals surface area contributed by atoms with E-state index in [-0.39, 0.29) is 11.9 Å². The fourth-order valence-electron chi connectivity index (χ4n) is 2.92. The van der Waals surface area contributed by atoms with Gasteiger partial charge in [0.25, 0.3) is 5.91 Å². The third kappa shape index (κ3) is 2.52. The summed E-state index contributed by atoms with van der Waals surface area (Å²) in [5.41, 5.74) is 3.90. The summed E-state index contributed by atoms with van der Waals surface area (Å²) in [7, 11) is 0. The number of hydrogen-bond acceptors (Lipinski definition) is 4. The number of aromatic nitrogens is 2. The molecule has 0 unspecified atom stereocenters. The number of nitrogens with one attached hydrogen (secondary N) is 1. The van der Waals surface area contributed by atoms with Crippen molar-refractivity contribution < 1.29 is 4.79 Å². The Hall–Kier alpha value is -2.18. The van der Waals surface area contributed by atoms with E-state index < -0.39 is 0 Å². The Morgan fingerprint density at radius 1 is 1.21 bits per heavy atom. The highest BCUT2D eigenvalue weighted by Gasteiger charge is 2.19. The second-order valence-corrected chi connectivity index (χ2v) is 8.09. The van der Waals surface area contributed by atoms with Crippen LogP contribution in [0, 0.1) is 6.92 Å². The molecule has 4 nitrogen and oxygen atoms in total. The van der Waals surface area contributed by atoms with Crippen LogP contribution < -0.4 is 5.32 Å². The summed E-state index contributed by atoms with van der Waals surface area (Å²) in [6, 6.07) is 10.4. The van der Waals surface area contributed by atoms with Gasteiger partial charge in [-0.1, -0.05) is 17.4 Å². The highest BCUT2D eigenvalue weighted by Crippen LogP contribution is 2.30. The van der Waals surface area contributed by atoms with Crippen LogP contribution in [0.1, 0.15) is 35.9 Å². The van der Waals surface area contributed by atoms with Crippen LogP contribution in [0.2, 0.25) is 0 Å². The van der Waals surface area contributed by atoms with Crippen LogP contribution in [0.5, 0.6) is 0 Å². The lowest BCUT2D eigenvalue weighted by Crippen LogP contribution is -2.18. The Kier molecular flexibility index (Phi) is 3.66. The van der Waals surface area contributed by atoms with Crippen molar-refractivity contribution in [2.45, 2.75) is 26.8 Å². The normalized spacial score (nSPS) is 11.7. The van der Waals surface area contributed by atoms with Crippen LogP contribution >= 0.6 is 22.7 Å². The third-order valence-electron chi connectivity index (χ3n) is 3.97. The van der Waals surface area contributed by atoms with Crippen molar-refractivity contribution in [3.8, 4) is 0 Å². The van der Waals surface area contributed by atoms with E-state index in [9.17, 15) is 4.79 Å². The fraction of sp³-hybridized carbons (Fsp3) is 0.222. The van der Waals surface area contributed by atoms with E-state index in [1.807, 2.05) is 18.2 Å². The van der Waals surface area contributed by atoms with Gasteiger partial charge in [0.1, 0.15) is 5.69 Å². The molecule has 3 heterocycles. The molecule has 0 saturated heterocycles. The van der Waals surface area contributed by atoms with Gasteiger partial charge in [0, 0.05) is 6.04 Å². The maximum Gasteiger partial charge on any atom is 0.274 e. The largest absolute Gasteiger partial charge is 0.333 e. The number of amides is 1. The number of nitrogens with zero attached hydrogens (tertiary/aromatic N) is 2. The van der Waals surface area contributed by atoms with Gasteiger partial charge in [0.2, 0.25) is 0 Å². The highest BCUT2D eigenvalue weighted by molar-refractivity contribution is 7.22. The summed E-state index contributed by atoms with van der Waals surface area (Å²) < 4.78 is 4.30. The van der Waals surface area contributed by atoms with Crippen molar-refractivity contribution in [3.63, 3.8) is 0 Å². The Labute approximate surface area is 147 Å². The number of rotatable bonds is 3. The highest BCUT2D eigenvalue weighted by atomic mass is 32.1. The summed E-state index contributed by atoms with van der Waals surface area (Å²) >= 11 is 3.16. The van der Waals surface area contributed by atoms with Gasteiger partial charge in [0.05, 0.1) is 20.4 Å². The number of carbonyl (C=O) groups is 1. The monoisotopic (exact) mass is 355 g/mol. The van der Waals surface area contributed by atoms with Crippen molar-refractivity contribution >= 4 is 54.1 Å². The maximum absolute atomic E-state index is 12.8. The maximum atomic E-state index is 12.8. The molecule has 3 aromatic heterocycles. The van der Waals surface area contributed by atoms with Crippen LogP contribution in [-0.2, 0) is 0 Å². The van der Waals surface area contributed by atoms with E-state index in [0.29, 0.717) is 10.8 Å². The van der Waals surface area contributed by atoms with E-state index >= 15 is 0 Å². The minimum absolute atomic E-state index is 0.108. The van der Waals surface area contributed by atoms with Crippen LogP contribution in [0.3, 0.4) is 0 Å². The molecule has 4 rings (SSSR count). The molecule has 0 spiro atoms. The van der Waals surface area contributed by atoms with Gasteiger partial charge in [-0.15, -0.1) is 11.3 Å². The summed E-state index contributed by atoms with van der Waals surface area (Å²) in [4.78, 5) is 17.3.